The van der Waals surface area contributed by atoms with Crippen LogP contribution in [0.25, 0.3) is 5.82 Å². The van der Waals surface area contributed by atoms with Gasteiger partial charge in [-0.15, -0.1) is 35.3 Å². The van der Waals surface area contributed by atoms with Crippen LogP contribution in [0.5, 0.6) is 0 Å². The number of pyridine rings is 1. The smallest absolute Gasteiger partial charge is 0.352 e. The van der Waals surface area contributed by atoms with Gasteiger partial charge in [0.1, 0.15) is 40.7 Å². The molecule has 3 aliphatic heterocycles. The van der Waals surface area contributed by atoms with Crippen LogP contribution in [0.2, 0.25) is 0 Å². The van der Waals surface area contributed by atoms with Crippen molar-refractivity contribution in [2.75, 3.05) is 24.3 Å². The van der Waals surface area contributed by atoms with Gasteiger partial charge in [-0.05, 0) is 30.0 Å². The number of nitrogens with two attached hydrogens (primary N) is 1. The molecule has 2 unspecified atom stereocenters. The first-order chi connectivity index (χ1) is 20.4. The van der Waals surface area contributed by atoms with E-state index in [-0.39, 0.29) is 26.9 Å². The number of carbonyl (C=O) groups is 3. The third-order valence-corrected chi connectivity index (χ3v) is 11.3. The number of amides is 2. The molecule has 1 fully saturated rings. The molecule has 218 valence electrons. The number of aromatic nitrogens is 3. The molecule has 3 atom stereocenters. The SMILES string of the molecule is CO/N=C(/C(=O)N[C@@H]1C(=O)N2C(C(=O)O)=C(CSC3C=NC([n+]4cccc5c4CCC5)=CS3)CSC12)c1nsc(N)n1. The lowest BCUT2D eigenvalue weighted by Crippen LogP contribution is -2.71. The number of hydrogen-bond donors (Lipinski definition) is 3. The lowest BCUT2D eigenvalue weighted by atomic mass is 10.0. The summed E-state index contributed by atoms with van der Waals surface area (Å²) in [6.07, 6.45) is 7.20. The highest BCUT2D eigenvalue weighted by Crippen LogP contribution is 2.42. The molecule has 0 aromatic carbocycles. The Morgan fingerprint density at radius 1 is 1.38 bits per heavy atom. The average molecular weight is 646 g/mol. The number of carboxylic acids is 1. The van der Waals surface area contributed by atoms with Crippen molar-refractivity contribution in [3.8, 4) is 0 Å². The average Bonchev–Trinajstić information content (AvgIpc) is 3.66. The lowest BCUT2D eigenvalue weighted by molar-refractivity contribution is -0.590. The fraction of sp³-hybridized carbons (Fsp3) is 0.360. The number of oxime groups is 1. The molecule has 1 aliphatic carbocycles. The monoisotopic (exact) mass is 645 g/mol. The first-order valence-electron chi connectivity index (χ1n) is 12.8. The van der Waals surface area contributed by atoms with E-state index in [9.17, 15) is 19.5 Å². The van der Waals surface area contributed by atoms with E-state index in [1.165, 1.54) is 35.0 Å². The Balaban J connectivity index is 1.10. The third kappa shape index (κ3) is 5.41. The van der Waals surface area contributed by atoms with Gasteiger partial charge in [-0.3, -0.25) is 14.5 Å². The summed E-state index contributed by atoms with van der Waals surface area (Å²) < 4.78 is 6.12. The van der Waals surface area contributed by atoms with Gasteiger partial charge in [0.05, 0.1) is 11.6 Å². The van der Waals surface area contributed by atoms with Crippen molar-refractivity contribution in [1.29, 1.82) is 0 Å². The molecule has 2 aromatic heterocycles. The van der Waals surface area contributed by atoms with Gasteiger partial charge in [0.2, 0.25) is 11.5 Å². The molecule has 17 heteroatoms. The third-order valence-electron chi connectivity index (χ3n) is 6.95. The number of rotatable bonds is 9. The fourth-order valence-corrected chi connectivity index (χ4v) is 8.99. The molecule has 1 saturated heterocycles. The normalized spacial score (nSPS) is 23.2. The minimum atomic E-state index is -1.18. The Kier molecular flexibility index (Phi) is 8.24. The number of fused-ring (bicyclic) bond motifs is 2. The number of aryl methyl sites for hydroxylation is 1. The summed E-state index contributed by atoms with van der Waals surface area (Å²) in [5.41, 5.74) is 8.66. The maximum absolute atomic E-state index is 13.1. The quantitative estimate of drug-likeness (QED) is 0.155. The Morgan fingerprint density at radius 2 is 2.24 bits per heavy atom. The highest BCUT2D eigenvalue weighted by molar-refractivity contribution is 8.19. The molecule has 0 radical (unpaired) electrons. The number of nitrogens with zero attached hydrogens (tertiary/aromatic N) is 6. The van der Waals surface area contributed by atoms with Crippen LogP contribution >= 0.6 is 46.8 Å². The van der Waals surface area contributed by atoms with Crippen molar-refractivity contribution in [1.82, 2.24) is 19.6 Å². The summed E-state index contributed by atoms with van der Waals surface area (Å²) in [5, 5.41) is 18.0. The second-order valence-electron chi connectivity index (χ2n) is 9.47. The van der Waals surface area contributed by atoms with Crippen molar-refractivity contribution in [2.45, 2.75) is 35.3 Å². The minimum Gasteiger partial charge on any atom is -0.477 e. The van der Waals surface area contributed by atoms with Gasteiger partial charge in [-0.2, -0.15) is 13.9 Å². The second-order valence-corrected chi connectivity index (χ2v) is 13.8. The van der Waals surface area contributed by atoms with Crippen LogP contribution in [0.3, 0.4) is 0 Å². The number of anilines is 1. The van der Waals surface area contributed by atoms with Crippen molar-refractivity contribution in [2.24, 2.45) is 10.1 Å². The predicted molar refractivity (Wildman–Crippen MR) is 163 cm³/mol. The van der Waals surface area contributed by atoms with Gasteiger partial charge in [-0.25, -0.2) is 4.79 Å². The molecule has 0 saturated carbocycles. The van der Waals surface area contributed by atoms with Crippen LogP contribution in [-0.4, -0.2) is 83.7 Å². The first-order valence-corrected chi connectivity index (χ1v) is 16.6. The number of nitrogen functional groups attached to an aromatic ring is 1. The lowest BCUT2D eigenvalue weighted by Gasteiger charge is -2.49. The van der Waals surface area contributed by atoms with Crippen LogP contribution in [0.15, 0.2) is 45.2 Å². The van der Waals surface area contributed by atoms with E-state index in [1.54, 1.807) is 23.5 Å². The second kappa shape index (κ2) is 12.1. The van der Waals surface area contributed by atoms with Crippen LogP contribution in [0.1, 0.15) is 23.5 Å². The topological polar surface area (TPSA) is 176 Å². The molecule has 0 spiro atoms. The van der Waals surface area contributed by atoms with E-state index < -0.39 is 29.2 Å². The van der Waals surface area contributed by atoms with E-state index in [0.29, 0.717) is 17.1 Å². The zero-order valence-corrected chi connectivity index (χ0v) is 25.4. The number of thioether (sulfide) groups is 3. The van der Waals surface area contributed by atoms with Gasteiger partial charge in [0.25, 0.3) is 11.8 Å². The molecule has 4 aliphatic rings. The van der Waals surface area contributed by atoms with Gasteiger partial charge in [0, 0.05) is 29.5 Å². The standard InChI is InChI=1S/C25H24N8O5S4/c1-38-30-17(20-29-25(26)42-31-20)21(34)28-18-22(35)33-19(24(36)37)13(10-41-23(18)33)9-39-16-8-27-15(11-40-16)32-7-3-5-12-4-2-6-14(12)32/h3,5,7-8,11,16,18,23H,2,4,6,9-10H2,1H3,(H3-,26,28,29,31,34,36,37)/p+1/b30-17+/t16?,18-,23?/m1/s1. The van der Waals surface area contributed by atoms with E-state index in [1.807, 2.05) is 23.9 Å². The summed E-state index contributed by atoms with van der Waals surface area (Å²) >= 11 is 5.47. The number of β-lactam (4-membered cyclic amide) rings is 1. The van der Waals surface area contributed by atoms with E-state index in [4.69, 9.17) is 15.6 Å². The minimum absolute atomic E-state index is 0.00219. The van der Waals surface area contributed by atoms with Crippen LogP contribution < -0.4 is 15.6 Å². The van der Waals surface area contributed by atoms with E-state index >= 15 is 0 Å². The van der Waals surface area contributed by atoms with Crippen molar-refractivity contribution >= 4 is 87.5 Å². The largest absolute Gasteiger partial charge is 0.477 e. The number of nitrogens with one attached hydrogen (secondary N) is 1. The molecule has 5 heterocycles. The highest BCUT2D eigenvalue weighted by Gasteiger charge is 2.54. The van der Waals surface area contributed by atoms with Crippen molar-refractivity contribution < 1.29 is 28.9 Å². The van der Waals surface area contributed by atoms with Gasteiger partial charge >= 0.3 is 11.8 Å². The first kappa shape index (κ1) is 28.7. The number of hydrogen-bond acceptors (Lipinski definition) is 13. The molecule has 0 bridgehead atoms. The Labute approximate surface area is 256 Å². The highest BCUT2D eigenvalue weighted by atomic mass is 32.2. The zero-order chi connectivity index (χ0) is 29.4. The molecule has 2 amide bonds. The van der Waals surface area contributed by atoms with E-state index in [2.05, 4.69) is 30.5 Å². The molecule has 2 aromatic rings. The summed E-state index contributed by atoms with van der Waals surface area (Å²) in [5.74, 6) is -0.750. The number of carboxylic acid groups (broad SMARTS) is 1. The molecule has 4 N–H and O–H groups in total. The van der Waals surface area contributed by atoms with Crippen LogP contribution in [0.4, 0.5) is 5.13 Å². The molecule has 13 nitrogen and oxygen atoms in total. The fourth-order valence-electron chi connectivity index (χ4n) is 5.08. The Bertz CT molecular complexity index is 1590. The molecule has 42 heavy (non-hydrogen) atoms. The summed E-state index contributed by atoms with van der Waals surface area (Å²) in [6.45, 7) is 0. The summed E-state index contributed by atoms with van der Waals surface area (Å²) in [6, 6.07) is 3.28. The van der Waals surface area contributed by atoms with Gasteiger partial charge in [-0.1, -0.05) is 16.2 Å². The van der Waals surface area contributed by atoms with E-state index in [0.717, 1.165) is 36.6 Å². The predicted octanol–water partition coefficient (Wildman–Crippen LogP) is 1.32. The molecular weight excluding hydrogens is 621 g/mol. The zero-order valence-electron chi connectivity index (χ0n) is 22.1. The Hall–Kier alpha value is -3.41. The van der Waals surface area contributed by atoms with Crippen molar-refractivity contribution in [3.63, 3.8) is 0 Å². The number of aliphatic imine (C=N–C) groups is 1. The maximum Gasteiger partial charge on any atom is 0.352 e. The van der Waals surface area contributed by atoms with Crippen molar-refractivity contribution in [3.05, 3.63) is 52.1 Å². The van der Waals surface area contributed by atoms with Crippen LogP contribution in [0, 0.1) is 0 Å². The maximum atomic E-state index is 13.1. The Morgan fingerprint density at radius 3 is 2.95 bits per heavy atom. The summed E-state index contributed by atoms with van der Waals surface area (Å²) in [7, 11) is 1.26. The van der Waals surface area contributed by atoms with Gasteiger partial charge < -0.3 is 21.0 Å². The number of aliphatic carboxylic acids is 1. The van der Waals surface area contributed by atoms with Crippen LogP contribution in [-0.2, 0) is 32.1 Å². The molecular formula is C25H25N8O5S4+. The molecule has 6 rings (SSSR count). The summed E-state index contributed by atoms with van der Waals surface area (Å²) in [4.78, 5) is 53.0. The van der Waals surface area contributed by atoms with Gasteiger partial charge in [0.15, 0.2) is 5.13 Å². The number of carbonyl (C=O) groups excluding carboxylic acids is 2.